The van der Waals surface area contributed by atoms with Crippen LogP contribution >= 0.6 is 11.3 Å². The van der Waals surface area contributed by atoms with Gasteiger partial charge in [0.2, 0.25) is 0 Å². The van der Waals surface area contributed by atoms with E-state index in [1.165, 1.54) is 12.1 Å². The van der Waals surface area contributed by atoms with E-state index >= 15 is 0 Å². The van der Waals surface area contributed by atoms with E-state index in [4.69, 9.17) is 0 Å². The standard InChI is InChI=1S/C16H16N4O2S/c21-12-4-1-3-11(9-12)16(22)18-7-2-6-17-15-14-13(5-8-23-14)19-10-20-15/h1,3-5,8-10,21H,2,6-7H2,(H,18,22)(H,17,19,20). The molecule has 23 heavy (non-hydrogen) atoms. The smallest absolute Gasteiger partial charge is 0.251 e. The molecule has 0 fully saturated rings. The number of nitrogens with zero attached hydrogens (tertiary/aromatic N) is 2. The van der Waals surface area contributed by atoms with Crippen LogP contribution in [0.5, 0.6) is 5.75 Å². The highest BCUT2D eigenvalue weighted by Gasteiger charge is 2.06. The van der Waals surface area contributed by atoms with Gasteiger partial charge >= 0.3 is 0 Å². The summed E-state index contributed by atoms with van der Waals surface area (Å²) < 4.78 is 1.04. The van der Waals surface area contributed by atoms with Crippen LogP contribution in [-0.4, -0.2) is 34.1 Å². The number of nitrogens with one attached hydrogen (secondary N) is 2. The molecule has 2 aromatic heterocycles. The van der Waals surface area contributed by atoms with Gasteiger partial charge in [-0.2, -0.15) is 0 Å². The fraction of sp³-hybridized carbons (Fsp3) is 0.188. The molecule has 1 amide bonds. The number of aromatic hydroxyl groups is 1. The van der Waals surface area contributed by atoms with Gasteiger partial charge in [-0.1, -0.05) is 6.07 Å². The number of rotatable bonds is 6. The summed E-state index contributed by atoms with van der Waals surface area (Å²) in [5.74, 6) is 0.718. The Hall–Kier alpha value is -2.67. The number of phenolic OH excluding ortho intramolecular Hbond substituents is 1. The van der Waals surface area contributed by atoms with Crippen molar-refractivity contribution in [1.82, 2.24) is 15.3 Å². The molecule has 3 aromatic rings. The first-order chi connectivity index (χ1) is 11.2. The lowest BCUT2D eigenvalue weighted by Crippen LogP contribution is -2.25. The number of carbonyl (C=O) groups is 1. The number of aromatic nitrogens is 2. The number of carbonyl (C=O) groups excluding carboxylic acids is 1. The first kappa shape index (κ1) is 15.2. The predicted molar refractivity (Wildman–Crippen MR) is 91.0 cm³/mol. The molecular formula is C16H16N4O2S. The Labute approximate surface area is 137 Å². The summed E-state index contributed by atoms with van der Waals surface area (Å²) in [4.78, 5) is 20.3. The fourth-order valence-electron chi connectivity index (χ4n) is 2.16. The Morgan fingerprint density at radius 1 is 1.22 bits per heavy atom. The largest absolute Gasteiger partial charge is 0.508 e. The van der Waals surface area contributed by atoms with E-state index in [2.05, 4.69) is 20.6 Å². The Kier molecular flexibility index (Phi) is 4.68. The van der Waals surface area contributed by atoms with Gasteiger partial charge in [0.1, 0.15) is 17.9 Å². The van der Waals surface area contributed by atoms with E-state index in [1.54, 1.807) is 29.8 Å². The predicted octanol–water partition coefficient (Wildman–Crippen LogP) is 2.63. The number of fused-ring (bicyclic) bond motifs is 1. The maximum atomic E-state index is 11.9. The van der Waals surface area contributed by atoms with Crippen LogP contribution < -0.4 is 10.6 Å². The monoisotopic (exact) mass is 328 g/mol. The van der Waals surface area contributed by atoms with E-state index < -0.39 is 0 Å². The minimum atomic E-state index is -0.191. The SMILES string of the molecule is O=C(NCCCNc1ncnc2ccsc12)c1cccc(O)c1. The second-order valence-electron chi connectivity index (χ2n) is 4.94. The van der Waals surface area contributed by atoms with Gasteiger partial charge in [-0.05, 0) is 36.1 Å². The first-order valence-electron chi connectivity index (χ1n) is 7.23. The van der Waals surface area contributed by atoms with Gasteiger partial charge in [-0.25, -0.2) is 9.97 Å². The van der Waals surface area contributed by atoms with Crippen LogP contribution in [0.3, 0.4) is 0 Å². The summed E-state index contributed by atoms with van der Waals surface area (Å²) in [7, 11) is 0. The molecule has 0 unspecified atom stereocenters. The molecule has 3 N–H and O–H groups in total. The first-order valence-corrected chi connectivity index (χ1v) is 8.11. The van der Waals surface area contributed by atoms with Gasteiger partial charge in [-0.3, -0.25) is 4.79 Å². The summed E-state index contributed by atoms with van der Waals surface area (Å²) in [6.07, 6.45) is 2.31. The molecule has 0 spiro atoms. The van der Waals surface area contributed by atoms with Gasteiger partial charge < -0.3 is 15.7 Å². The normalized spacial score (nSPS) is 10.6. The molecule has 0 aliphatic heterocycles. The second-order valence-corrected chi connectivity index (χ2v) is 5.86. The second kappa shape index (κ2) is 7.06. The molecule has 1 aromatic carbocycles. The Bertz CT molecular complexity index is 818. The molecule has 6 nitrogen and oxygen atoms in total. The van der Waals surface area contributed by atoms with Gasteiger partial charge in [0.15, 0.2) is 0 Å². The van der Waals surface area contributed by atoms with Crippen molar-refractivity contribution in [3.8, 4) is 5.75 Å². The molecule has 0 saturated carbocycles. The zero-order valence-corrected chi connectivity index (χ0v) is 13.1. The number of phenols is 1. The molecule has 118 valence electrons. The molecule has 0 bridgehead atoms. The Morgan fingerprint density at radius 3 is 3.00 bits per heavy atom. The summed E-state index contributed by atoms with van der Waals surface area (Å²) in [6.45, 7) is 1.24. The van der Waals surface area contributed by atoms with Gasteiger partial charge in [-0.15, -0.1) is 11.3 Å². The average molecular weight is 328 g/mol. The van der Waals surface area contributed by atoms with Crippen LogP contribution in [-0.2, 0) is 0 Å². The van der Waals surface area contributed by atoms with Crippen molar-refractivity contribution in [1.29, 1.82) is 0 Å². The molecule has 2 heterocycles. The number of amides is 1. The molecule has 0 saturated heterocycles. The third-order valence-electron chi connectivity index (χ3n) is 3.28. The zero-order chi connectivity index (χ0) is 16.1. The Balaban J connectivity index is 1.45. The van der Waals surface area contributed by atoms with E-state index in [1.807, 2.05) is 11.4 Å². The minimum Gasteiger partial charge on any atom is -0.508 e. The molecule has 0 aliphatic rings. The third-order valence-corrected chi connectivity index (χ3v) is 4.19. The van der Waals surface area contributed by atoms with E-state index in [0.717, 1.165) is 22.5 Å². The third kappa shape index (κ3) is 3.75. The number of benzene rings is 1. The van der Waals surface area contributed by atoms with Gasteiger partial charge in [0, 0.05) is 18.7 Å². The van der Waals surface area contributed by atoms with E-state index in [9.17, 15) is 9.90 Å². The van der Waals surface area contributed by atoms with Crippen LogP contribution in [0.25, 0.3) is 10.2 Å². The highest BCUT2D eigenvalue weighted by molar-refractivity contribution is 7.17. The maximum Gasteiger partial charge on any atom is 0.251 e. The van der Waals surface area contributed by atoms with Crippen molar-refractivity contribution in [2.24, 2.45) is 0 Å². The molecule has 7 heteroatoms. The van der Waals surface area contributed by atoms with Crippen molar-refractivity contribution in [3.63, 3.8) is 0 Å². The molecule has 0 atom stereocenters. The highest BCUT2D eigenvalue weighted by atomic mass is 32.1. The number of hydrogen-bond donors (Lipinski definition) is 3. The lowest BCUT2D eigenvalue weighted by molar-refractivity contribution is 0.0953. The highest BCUT2D eigenvalue weighted by Crippen LogP contribution is 2.24. The Morgan fingerprint density at radius 2 is 2.13 bits per heavy atom. The van der Waals surface area contributed by atoms with Crippen LogP contribution in [0.1, 0.15) is 16.8 Å². The summed E-state index contributed by atoms with van der Waals surface area (Å²) in [5.41, 5.74) is 1.39. The van der Waals surface area contributed by atoms with Crippen molar-refractivity contribution in [2.45, 2.75) is 6.42 Å². The lowest BCUT2D eigenvalue weighted by Gasteiger charge is -2.08. The lowest BCUT2D eigenvalue weighted by atomic mass is 10.2. The van der Waals surface area contributed by atoms with Crippen molar-refractivity contribution >= 4 is 33.3 Å². The average Bonchev–Trinajstić information content (AvgIpc) is 3.03. The van der Waals surface area contributed by atoms with Crippen molar-refractivity contribution < 1.29 is 9.90 Å². The number of hydrogen-bond acceptors (Lipinski definition) is 6. The fourth-order valence-corrected chi connectivity index (χ4v) is 2.97. The quantitative estimate of drug-likeness (QED) is 0.606. The maximum absolute atomic E-state index is 11.9. The minimum absolute atomic E-state index is 0.0862. The van der Waals surface area contributed by atoms with E-state index in [-0.39, 0.29) is 11.7 Å². The van der Waals surface area contributed by atoms with Gasteiger partial charge in [0.25, 0.3) is 5.91 Å². The number of anilines is 1. The molecule has 3 rings (SSSR count). The van der Waals surface area contributed by atoms with Gasteiger partial charge in [0.05, 0.1) is 10.2 Å². The number of thiophene rings is 1. The van der Waals surface area contributed by atoms with E-state index in [0.29, 0.717) is 18.7 Å². The van der Waals surface area contributed by atoms with Crippen LogP contribution in [0, 0.1) is 0 Å². The van der Waals surface area contributed by atoms with Crippen molar-refractivity contribution in [2.75, 3.05) is 18.4 Å². The molecular weight excluding hydrogens is 312 g/mol. The summed E-state index contributed by atoms with van der Waals surface area (Å²) >= 11 is 1.60. The van der Waals surface area contributed by atoms with Crippen molar-refractivity contribution in [3.05, 3.63) is 47.6 Å². The molecule has 0 radical (unpaired) electrons. The molecule has 0 aliphatic carbocycles. The topological polar surface area (TPSA) is 87.1 Å². The van der Waals surface area contributed by atoms with Crippen LogP contribution in [0.2, 0.25) is 0 Å². The zero-order valence-electron chi connectivity index (χ0n) is 12.3. The van der Waals surface area contributed by atoms with Crippen LogP contribution in [0.4, 0.5) is 5.82 Å². The van der Waals surface area contributed by atoms with Crippen LogP contribution in [0.15, 0.2) is 42.0 Å². The summed E-state index contributed by atoms with van der Waals surface area (Å²) in [5, 5.41) is 17.4. The summed E-state index contributed by atoms with van der Waals surface area (Å²) in [6, 6.07) is 8.26.